The number of aliphatic carboxylic acids is 1. The monoisotopic (exact) mass is 450 g/mol. The summed E-state index contributed by atoms with van der Waals surface area (Å²) in [6.45, 7) is 0.685. The van der Waals surface area contributed by atoms with Gasteiger partial charge in [-0.1, -0.05) is 61.4 Å². The summed E-state index contributed by atoms with van der Waals surface area (Å²) in [7, 11) is 0. The van der Waals surface area contributed by atoms with E-state index < -0.39 is 18.1 Å². The lowest BCUT2D eigenvalue weighted by Gasteiger charge is -2.20. The minimum atomic E-state index is -1.02. The van der Waals surface area contributed by atoms with Gasteiger partial charge in [-0.2, -0.15) is 0 Å². The average molecular weight is 451 g/mol. The summed E-state index contributed by atoms with van der Waals surface area (Å²) >= 11 is 0. The molecular formula is C26H30N2O5. The fourth-order valence-corrected chi connectivity index (χ4v) is 4.90. The minimum Gasteiger partial charge on any atom is -0.481 e. The second-order valence-electron chi connectivity index (χ2n) is 8.85. The average Bonchev–Trinajstić information content (AvgIpc) is 3.45. The molecule has 174 valence electrons. The Kier molecular flexibility index (Phi) is 7.27. The van der Waals surface area contributed by atoms with Crippen molar-refractivity contribution in [2.24, 2.45) is 5.92 Å². The second-order valence-corrected chi connectivity index (χ2v) is 8.85. The summed E-state index contributed by atoms with van der Waals surface area (Å²) in [6.07, 6.45) is 3.58. The zero-order valence-corrected chi connectivity index (χ0v) is 18.6. The smallest absolute Gasteiger partial charge is 0.407 e. The number of benzene rings is 2. The molecule has 4 rings (SSSR count). The predicted molar refractivity (Wildman–Crippen MR) is 124 cm³/mol. The summed E-state index contributed by atoms with van der Waals surface area (Å²) in [5.74, 6) is -1.02. The van der Waals surface area contributed by atoms with E-state index in [2.05, 4.69) is 22.8 Å². The molecule has 0 aromatic heterocycles. The molecule has 2 amide bonds. The lowest BCUT2D eigenvalue weighted by Crippen LogP contribution is -2.48. The van der Waals surface area contributed by atoms with Crippen molar-refractivity contribution in [3.8, 4) is 11.1 Å². The molecule has 3 N–H and O–H groups in total. The van der Waals surface area contributed by atoms with Crippen molar-refractivity contribution in [3.63, 3.8) is 0 Å². The SMILES string of the molecule is O=C(O)CCC(NC(=O)OCC1c2ccccc2-c2ccccc21)C(=O)NCC1CCCC1. The molecule has 7 heteroatoms. The van der Waals surface area contributed by atoms with E-state index in [1.54, 1.807) is 0 Å². The summed E-state index contributed by atoms with van der Waals surface area (Å²) in [4.78, 5) is 36.3. The third-order valence-electron chi connectivity index (χ3n) is 6.64. The fourth-order valence-electron chi connectivity index (χ4n) is 4.90. The molecule has 33 heavy (non-hydrogen) atoms. The molecule has 2 aliphatic rings. The number of rotatable bonds is 9. The van der Waals surface area contributed by atoms with Gasteiger partial charge in [-0.25, -0.2) is 4.79 Å². The highest BCUT2D eigenvalue weighted by atomic mass is 16.5. The van der Waals surface area contributed by atoms with E-state index in [-0.39, 0.29) is 31.3 Å². The van der Waals surface area contributed by atoms with E-state index >= 15 is 0 Å². The number of carbonyl (C=O) groups is 3. The highest BCUT2D eigenvalue weighted by molar-refractivity contribution is 5.86. The number of hydrogen-bond acceptors (Lipinski definition) is 4. The van der Waals surface area contributed by atoms with Crippen LogP contribution in [-0.2, 0) is 14.3 Å². The Morgan fingerprint density at radius 1 is 0.970 bits per heavy atom. The Morgan fingerprint density at radius 2 is 1.58 bits per heavy atom. The number of carboxylic acid groups (broad SMARTS) is 1. The van der Waals surface area contributed by atoms with Gasteiger partial charge in [0.15, 0.2) is 0 Å². The maximum absolute atomic E-state index is 12.7. The van der Waals surface area contributed by atoms with Crippen LogP contribution in [0.15, 0.2) is 48.5 Å². The van der Waals surface area contributed by atoms with E-state index in [9.17, 15) is 14.4 Å². The Hall–Kier alpha value is -3.35. The van der Waals surface area contributed by atoms with Gasteiger partial charge in [0.1, 0.15) is 12.6 Å². The minimum absolute atomic E-state index is 0.00995. The van der Waals surface area contributed by atoms with Gasteiger partial charge in [0.25, 0.3) is 0 Å². The molecule has 0 aliphatic heterocycles. The van der Waals surface area contributed by atoms with Crippen LogP contribution in [0.5, 0.6) is 0 Å². The maximum Gasteiger partial charge on any atom is 0.407 e. The third-order valence-corrected chi connectivity index (χ3v) is 6.64. The van der Waals surface area contributed by atoms with Crippen molar-refractivity contribution < 1.29 is 24.2 Å². The van der Waals surface area contributed by atoms with Gasteiger partial charge in [0.05, 0.1) is 0 Å². The first-order valence-corrected chi connectivity index (χ1v) is 11.6. The molecule has 2 aromatic rings. The van der Waals surface area contributed by atoms with E-state index in [1.165, 1.54) is 12.8 Å². The normalized spacial score (nSPS) is 16.0. The van der Waals surface area contributed by atoms with Crippen LogP contribution in [0.3, 0.4) is 0 Å². The first kappa shape index (κ1) is 22.8. The summed E-state index contributed by atoms with van der Waals surface area (Å²) in [5.41, 5.74) is 4.46. The largest absolute Gasteiger partial charge is 0.481 e. The zero-order valence-electron chi connectivity index (χ0n) is 18.6. The molecule has 0 saturated heterocycles. The van der Waals surface area contributed by atoms with Crippen molar-refractivity contribution in [3.05, 3.63) is 59.7 Å². The van der Waals surface area contributed by atoms with Crippen LogP contribution in [0.2, 0.25) is 0 Å². The number of nitrogens with one attached hydrogen (secondary N) is 2. The van der Waals surface area contributed by atoms with Gasteiger partial charge >= 0.3 is 12.1 Å². The van der Waals surface area contributed by atoms with Crippen LogP contribution in [-0.4, -0.2) is 42.3 Å². The summed E-state index contributed by atoms with van der Waals surface area (Å²) in [5, 5.41) is 14.5. The number of carboxylic acids is 1. The molecule has 7 nitrogen and oxygen atoms in total. The Balaban J connectivity index is 1.37. The number of amides is 2. The molecule has 1 saturated carbocycles. The van der Waals surface area contributed by atoms with Gasteiger partial charge in [-0.05, 0) is 47.4 Å². The van der Waals surface area contributed by atoms with Crippen LogP contribution < -0.4 is 10.6 Å². The first-order chi connectivity index (χ1) is 16.0. The summed E-state index contributed by atoms with van der Waals surface area (Å²) < 4.78 is 5.53. The molecule has 0 bridgehead atoms. The number of alkyl carbamates (subject to hydrolysis) is 1. The van der Waals surface area contributed by atoms with Crippen LogP contribution in [0.4, 0.5) is 4.79 Å². The Labute approximate surface area is 193 Å². The number of hydrogen-bond donors (Lipinski definition) is 3. The zero-order chi connectivity index (χ0) is 23.2. The molecule has 1 fully saturated rings. The van der Waals surface area contributed by atoms with Crippen LogP contribution in [0, 0.1) is 5.92 Å². The van der Waals surface area contributed by atoms with E-state index in [4.69, 9.17) is 9.84 Å². The quantitative estimate of drug-likeness (QED) is 0.534. The fraction of sp³-hybridized carbons (Fsp3) is 0.423. The molecule has 0 heterocycles. The first-order valence-electron chi connectivity index (χ1n) is 11.6. The van der Waals surface area contributed by atoms with Crippen molar-refractivity contribution in [2.75, 3.05) is 13.2 Å². The lowest BCUT2D eigenvalue weighted by atomic mass is 9.98. The van der Waals surface area contributed by atoms with Gasteiger partial charge in [0.2, 0.25) is 5.91 Å². The predicted octanol–water partition coefficient (Wildman–Crippen LogP) is 4.06. The number of carbonyl (C=O) groups excluding carboxylic acids is 2. The number of ether oxygens (including phenoxy) is 1. The van der Waals surface area contributed by atoms with E-state index in [0.717, 1.165) is 35.1 Å². The molecule has 2 aliphatic carbocycles. The van der Waals surface area contributed by atoms with Gasteiger partial charge in [-0.15, -0.1) is 0 Å². The third kappa shape index (κ3) is 5.53. The topological polar surface area (TPSA) is 105 Å². The van der Waals surface area contributed by atoms with Crippen molar-refractivity contribution >= 4 is 18.0 Å². The van der Waals surface area contributed by atoms with E-state index in [1.807, 2.05) is 36.4 Å². The molecule has 0 spiro atoms. The van der Waals surface area contributed by atoms with Crippen molar-refractivity contribution in [2.45, 2.75) is 50.5 Å². The van der Waals surface area contributed by atoms with E-state index in [0.29, 0.717) is 12.5 Å². The second kappa shape index (κ2) is 10.5. The highest BCUT2D eigenvalue weighted by Crippen LogP contribution is 2.44. The standard InChI is InChI=1S/C26H30N2O5/c29-24(30)14-13-23(25(31)27-15-17-7-1-2-8-17)28-26(32)33-16-22-20-11-5-3-9-18(20)19-10-4-6-12-21(19)22/h3-6,9-12,17,22-23H,1-2,7-8,13-16H2,(H,27,31)(H,28,32)(H,29,30). The highest BCUT2D eigenvalue weighted by Gasteiger charge is 2.30. The van der Waals surface area contributed by atoms with Crippen molar-refractivity contribution in [1.82, 2.24) is 10.6 Å². The van der Waals surface area contributed by atoms with Gasteiger partial charge in [-0.3, -0.25) is 9.59 Å². The van der Waals surface area contributed by atoms with Crippen LogP contribution >= 0.6 is 0 Å². The summed E-state index contributed by atoms with van der Waals surface area (Å²) in [6, 6.07) is 15.2. The molecular weight excluding hydrogens is 420 g/mol. The maximum atomic E-state index is 12.7. The molecule has 0 radical (unpaired) electrons. The molecule has 1 unspecified atom stereocenters. The van der Waals surface area contributed by atoms with Crippen LogP contribution in [0.25, 0.3) is 11.1 Å². The Bertz CT molecular complexity index is 970. The van der Waals surface area contributed by atoms with Crippen molar-refractivity contribution in [1.29, 1.82) is 0 Å². The Morgan fingerprint density at radius 3 is 2.18 bits per heavy atom. The van der Waals surface area contributed by atoms with Gasteiger partial charge < -0.3 is 20.5 Å². The molecule has 2 aromatic carbocycles. The lowest BCUT2D eigenvalue weighted by molar-refractivity contribution is -0.137. The molecule has 1 atom stereocenters. The van der Waals surface area contributed by atoms with Crippen LogP contribution in [0.1, 0.15) is 55.6 Å². The van der Waals surface area contributed by atoms with Gasteiger partial charge in [0, 0.05) is 18.9 Å². The number of fused-ring (bicyclic) bond motifs is 3.